The van der Waals surface area contributed by atoms with Crippen LogP contribution in [0, 0.1) is 5.92 Å². The number of carbonyl (C=O) groups is 2. The Hall–Kier alpha value is -1.24. The standard InChI is InChI=1S/C18H25N3O2S.ClH/c19-15-5-1-3-13(11-15)17(22)20-16-6-2-4-14(12-16)18(23)21-7-9-24-10-8-21;/h2,4,6,12-13,15H,1,3,5,7-11,19H2,(H,20,22);1H. The first-order chi connectivity index (χ1) is 11.6. The number of benzene rings is 1. The van der Waals surface area contributed by atoms with Gasteiger partial charge >= 0.3 is 0 Å². The van der Waals surface area contributed by atoms with Crippen molar-refractivity contribution >= 4 is 41.7 Å². The summed E-state index contributed by atoms with van der Waals surface area (Å²) in [6.07, 6.45) is 3.64. The molecule has 138 valence electrons. The number of nitrogens with one attached hydrogen (secondary N) is 1. The SMILES string of the molecule is Cl.NC1CCCC(C(=O)Nc2cccc(C(=O)N3CCSCC3)c2)C1. The van der Waals surface area contributed by atoms with E-state index >= 15 is 0 Å². The van der Waals surface area contributed by atoms with Crippen molar-refractivity contribution in [3.05, 3.63) is 29.8 Å². The molecule has 0 spiro atoms. The summed E-state index contributed by atoms with van der Waals surface area (Å²) in [6, 6.07) is 7.39. The van der Waals surface area contributed by atoms with Crippen LogP contribution < -0.4 is 11.1 Å². The Morgan fingerprint density at radius 1 is 1.20 bits per heavy atom. The van der Waals surface area contributed by atoms with E-state index in [1.807, 2.05) is 34.9 Å². The van der Waals surface area contributed by atoms with Crippen molar-refractivity contribution in [2.75, 3.05) is 29.9 Å². The van der Waals surface area contributed by atoms with Crippen LogP contribution in [0.4, 0.5) is 5.69 Å². The third-order valence-corrected chi connectivity index (χ3v) is 5.70. The highest BCUT2D eigenvalue weighted by Crippen LogP contribution is 2.25. The van der Waals surface area contributed by atoms with Gasteiger partial charge in [-0.1, -0.05) is 12.5 Å². The Labute approximate surface area is 159 Å². The second-order valence-electron chi connectivity index (χ2n) is 6.60. The lowest BCUT2D eigenvalue weighted by molar-refractivity contribution is -0.120. The zero-order valence-corrected chi connectivity index (χ0v) is 15.9. The van der Waals surface area contributed by atoms with Gasteiger partial charge in [-0.15, -0.1) is 12.4 Å². The largest absolute Gasteiger partial charge is 0.337 e. The topological polar surface area (TPSA) is 75.4 Å². The highest BCUT2D eigenvalue weighted by Gasteiger charge is 2.25. The highest BCUT2D eigenvalue weighted by atomic mass is 35.5. The van der Waals surface area contributed by atoms with Crippen molar-refractivity contribution in [3.8, 4) is 0 Å². The smallest absolute Gasteiger partial charge is 0.253 e. The summed E-state index contributed by atoms with van der Waals surface area (Å²) in [7, 11) is 0. The monoisotopic (exact) mass is 383 g/mol. The molecule has 0 aromatic heterocycles. The number of carbonyl (C=O) groups excluding carboxylic acids is 2. The van der Waals surface area contributed by atoms with Gasteiger partial charge in [0.25, 0.3) is 5.91 Å². The van der Waals surface area contributed by atoms with E-state index in [1.54, 1.807) is 6.07 Å². The zero-order chi connectivity index (χ0) is 16.9. The second kappa shape index (κ2) is 9.46. The third kappa shape index (κ3) is 5.36. The minimum absolute atomic E-state index is 0. The number of nitrogens with two attached hydrogens (primary N) is 1. The molecule has 1 saturated heterocycles. The maximum atomic E-state index is 12.6. The van der Waals surface area contributed by atoms with Crippen molar-refractivity contribution in [2.24, 2.45) is 11.7 Å². The van der Waals surface area contributed by atoms with E-state index in [-0.39, 0.29) is 36.2 Å². The van der Waals surface area contributed by atoms with E-state index < -0.39 is 0 Å². The molecule has 2 aliphatic rings. The van der Waals surface area contributed by atoms with Crippen LogP contribution >= 0.6 is 24.2 Å². The van der Waals surface area contributed by atoms with E-state index in [9.17, 15) is 9.59 Å². The number of halogens is 1. The predicted octanol–water partition coefficient (Wildman–Crippen LogP) is 2.75. The predicted molar refractivity (Wildman–Crippen MR) is 105 cm³/mol. The molecule has 1 heterocycles. The molecule has 1 saturated carbocycles. The molecule has 0 radical (unpaired) electrons. The van der Waals surface area contributed by atoms with E-state index in [0.29, 0.717) is 11.3 Å². The quantitative estimate of drug-likeness (QED) is 0.841. The normalized spacial score (nSPS) is 23.5. The Kier molecular flexibility index (Phi) is 7.59. The van der Waals surface area contributed by atoms with Crippen LogP contribution in [0.1, 0.15) is 36.0 Å². The number of rotatable bonds is 3. The summed E-state index contributed by atoms with van der Waals surface area (Å²) < 4.78 is 0. The molecule has 5 nitrogen and oxygen atoms in total. The fourth-order valence-corrected chi connectivity index (χ4v) is 4.29. The Morgan fingerprint density at radius 2 is 1.96 bits per heavy atom. The average molecular weight is 384 g/mol. The number of anilines is 1. The molecule has 25 heavy (non-hydrogen) atoms. The summed E-state index contributed by atoms with van der Waals surface area (Å²) in [5, 5.41) is 2.96. The number of amides is 2. The summed E-state index contributed by atoms with van der Waals surface area (Å²) in [6.45, 7) is 1.58. The van der Waals surface area contributed by atoms with Crippen molar-refractivity contribution in [2.45, 2.75) is 31.7 Å². The number of nitrogens with zero attached hydrogens (tertiary/aromatic N) is 1. The van der Waals surface area contributed by atoms with Gasteiger partial charge in [0.05, 0.1) is 0 Å². The van der Waals surface area contributed by atoms with Crippen LogP contribution in [0.25, 0.3) is 0 Å². The molecule has 2 amide bonds. The molecule has 2 atom stereocenters. The maximum absolute atomic E-state index is 12.6. The molecule has 1 aliphatic carbocycles. The number of thioether (sulfide) groups is 1. The van der Waals surface area contributed by atoms with E-state index in [2.05, 4.69) is 5.32 Å². The molecule has 2 unspecified atom stereocenters. The van der Waals surface area contributed by atoms with Gasteiger partial charge in [0.2, 0.25) is 5.91 Å². The van der Waals surface area contributed by atoms with Crippen LogP contribution in [0.3, 0.4) is 0 Å². The van der Waals surface area contributed by atoms with Gasteiger partial charge in [0, 0.05) is 47.8 Å². The van der Waals surface area contributed by atoms with Crippen LogP contribution in [0.5, 0.6) is 0 Å². The lowest BCUT2D eigenvalue weighted by Crippen LogP contribution is -2.38. The third-order valence-electron chi connectivity index (χ3n) is 4.76. The fraction of sp³-hybridized carbons (Fsp3) is 0.556. The zero-order valence-electron chi connectivity index (χ0n) is 14.3. The Bertz CT molecular complexity index is 608. The summed E-state index contributed by atoms with van der Waals surface area (Å²) in [5.41, 5.74) is 7.30. The first kappa shape index (κ1) is 20.1. The summed E-state index contributed by atoms with van der Waals surface area (Å²) in [5.74, 6) is 2.02. The van der Waals surface area contributed by atoms with Gasteiger partial charge in [0.1, 0.15) is 0 Å². The van der Waals surface area contributed by atoms with Crippen LogP contribution in [-0.2, 0) is 4.79 Å². The van der Waals surface area contributed by atoms with Gasteiger partial charge < -0.3 is 16.0 Å². The van der Waals surface area contributed by atoms with Crippen molar-refractivity contribution in [3.63, 3.8) is 0 Å². The lowest BCUT2D eigenvalue weighted by Gasteiger charge is -2.27. The molecule has 2 fully saturated rings. The van der Waals surface area contributed by atoms with E-state index in [1.165, 1.54) is 0 Å². The van der Waals surface area contributed by atoms with Crippen molar-refractivity contribution in [1.29, 1.82) is 0 Å². The molecule has 3 rings (SSSR count). The van der Waals surface area contributed by atoms with Crippen LogP contribution in [-0.4, -0.2) is 47.4 Å². The fourth-order valence-electron chi connectivity index (χ4n) is 3.39. The molecular weight excluding hydrogens is 358 g/mol. The Morgan fingerprint density at radius 3 is 2.68 bits per heavy atom. The van der Waals surface area contributed by atoms with Gasteiger partial charge in [-0.25, -0.2) is 0 Å². The van der Waals surface area contributed by atoms with E-state index in [0.717, 1.165) is 50.3 Å². The molecule has 1 aromatic carbocycles. The highest BCUT2D eigenvalue weighted by molar-refractivity contribution is 7.99. The number of hydrogen-bond donors (Lipinski definition) is 2. The second-order valence-corrected chi connectivity index (χ2v) is 7.82. The van der Waals surface area contributed by atoms with Gasteiger partial charge in [-0.05, 0) is 37.5 Å². The molecular formula is C18H26ClN3O2S. The lowest BCUT2D eigenvalue weighted by atomic mass is 9.85. The van der Waals surface area contributed by atoms with Gasteiger partial charge in [-0.3, -0.25) is 9.59 Å². The Balaban J connectivity index is 0.00000225. The van der Waals surface area contributed by atoms with E-state index in [4.69, 9.17) is 5.73 Å². The molecule has 3 N–H and O–H groups in total. The van der Waals surface area contributed by atoms with Crippen molar-refractivity contribution < 1.29 is 9.59 Å². The first-order valence-corrected chi connectivity index (χ1v) is 9.82. The van der Waals surface area contributed by atoms with Crippen molar-refractivity contribution in [1.82, 2.24) is 4.90 Å². The van der Waals surface area contributed by atoms with Crippen LogP contribution in [0.15, 0.2) is 24.3 Å². The minimum atomic E-state index is -0.0211. The molecule has 7 heteroatoms. The van der Waals surface area contributed by atoms with Gasteiger partial charge in [0.15, 0.2) is 0 Å². The number of hydrogen-bond acceptors (Lipinski definition) is 4. The first-order valence-electron chi connectivity index (χ1n) is 8.67. The summed E-state index contributed by atoms with van der Waals surface area (Å²) in [4.78, 5) is 26.9. The molecule has 0 bridgehead atoms. The minimum Gasteiger partial charge on any atom is -0.337 e. The van der Waals surface area contributed by atoms with Crippen LogP contribution in [0.2, 0.25) is 0 Å². The molecule has 1 aromatic rings. The maximum Gasteiger partial charge on any atom is 0.253 e. The van der Waals surface area contributed by atoms with Gasteiger partial charge in [-0.2, -0.15) is 11.8 Å². The molecule has 1 aliphatic heterocycles. The summed E-state index contributed by atoms with van der Waals surface area (Å²) >= 11 is 1.88. The average Bonchev–Trinajstić information content (AvgIpc) is 2.62.